The summed E-state index contributed by atoms with van der Waals surface area (Å²) >= 11 is 0. The zero-order valence-corrected chi connectivity index (χ0v) is 17.0. The van der Waals surface area contributed by atoms with Crippen molar-refractivity contribution in [3.8, 4) is 17.2 Å². The summed E-state index contributed by atoms with van der Waals surface area (Å²) in [5.41, 5.74) is 1.91. The summed E-state index contributed by atoms with van der Waals surface area (Å²) in [7, 11) is 4.72. The third-order valence-electron chi connectivity index (χ3n) is 4.37. The van der Waals surface area contributed by atoms with Crippen molar-refractivity contribution in [1.82, 2.24) is 15.2 Å². The number of methoxy groups -OCH3 is 3. The van der Waals surface area contributed by atoms with Crippen molar-refractivity contribution in [2.45, 2.75) is 13.5 Å². The summed E-state index contributed by atoms with van der Waals surface area (Å²) in [6.07, 6.45) is 1.57. The Hall–Kier alpha value is -3.55. The number of hydrogen-bond acceptors (Lipinski definition) is 8. The van der Waals surface area contributed by atoms with Crippen molar-refractivity contribution in [3.63, 3.8) is 0 Å². The highest BCUT2D eigenvalue weighted by Gasteiger charge is 2.15. The number of nitrogens with one attached hydrogen (secondary N) is 1. The van der Waals surface area contributed by atoms with E-state index in [-0.39, 0.29) is 0 Å². The molecular formula is C21H25N5O3. The van der Waals surface area contributed by atoms with Gasteiger partial charge in [0.25, 0.3) is 0 Å². The Kier molecular flexibility index (Phi) is 6.67. The van der Waals surface area contributed by atoms with E-state index in [4.69, 9.17) is 14.2 Å². The first-order valence-corrected chi connectivity index (χ1v) is 9.24. The Morgan fingerprint density at radius 2 is 1.66 bits per heavy atom. The van der Waals surface area contributed by atoms with Crippen LogP contribution in [0.1, 0.15) is 12.5 Å². The second-order valence-corrected chi connectivity index (χ2v) is 6.18. The molecule has 8 heteroatoms. The summed E-state index contributed by atoms with van der Waals surface area (Å²) in [6, 6.07) is 13.8. The Labute approximate surface area is 170 Å². The first kappa shape index (κ1) is 20.2. The van der Waals surface area contributed by atoms with Crippen LogP contribution in [0.5, 0.6) is 17.2 Å². The maximum Gasteiger partial charge on any atom is 0.247 e. The lowest BCUT2D eigenvalue weighted by atomic mass is 10.2. The molecule has 0 atom stereocenters. The Balaban J connectivity index is 1.84. The molecule has 152 valence electrons. The molecule has 0 unspecified atom stereocenters. The molecule has 1 heterocycles. The summed E-state index contributed by atoms with van der Waals surface area (Å²) in [5.74, 6) is 2.75. The molecule has 2 aromatic carbocycles. The van der Waals surface area contributed by atoms with E-state index >= 15 is 0 Å². The van der Waals surface area contributed by atoms with E-state index in [0.29, 0.717) is 35.6 Å². The molecule has 0 fully saturated rings. The van der Waals surface area contributed by atoms with Crippen LogP contribution < -0.4 is 24.4 Å². The maximum absolute atomic E-state index is 5.40. The quantitative estimate of drug-likeness (QED) is 0.588. The minimum atomic E-state index is 0.530. The van der Waals surface area contributed by atoms with E-state index < -0.39 is 0 Å². The van der Waals surface area contributed by atoms with Gasteiger partial charge in [-0.25, -0.2) is 0 Å². The van der Waals surface area contributed by atoms with E-state index in [1.54, 1.807) is 27.5 Å². The number of anilines is 3. The number of hydrogen-bond donors (Lipinski definition) is 1. The third kappa shape index (κ3) is 4.84. The zero-order valence-electron chi connectivity index (χ0n) is 17.0. The van der Waals surface area contributed by atoms with Crippen LogP contribution in [0.4, 0.5) is 17.5 Å². The topological polar surface area (TPSA) is 81.6 Å². The van der Waals surface area contributed by atoms with Gasteiger partial charge in [0.15, 0.2) is 17.3 Å². The van der Waals surface area contributed by atoms with E-state index in [9.17, 15) is 0 Å². The van der Waals surface area contributed by atoms with Gasteiger partial charge in [-0.2, -0.15) is 10.1 Å². The lowest BCUT2D eigenvalue weighted by molar-refractivity contribution is 0.324. The summed E-state index contributed by atoms with van der Waals surface area (Å²) in [6.45, 7) is 3.52. The predicted molar refractivity (Wildman–Crippen MR) is 112 cm³/mol. The van der Waals surface area contributed by atoms with E-state index in [1.807, 2.05) is 30.3 Å². The van der Waals surface area contributed by atoms with Gasteiger partial charge in [-0.3, -0.25) is 0 Å². The molecule has 0 bridgehead atoms. The van der Waals surface area contributed by atoms with Gasteiger partial charge in [-0.1, -0.05) is 30.3 Å². The molecule has 3 rings (SSSR count). The molecule has 0 aliphatic heterocycles. The van der Waals surface area contributed by atoms with Crippen LogP contribution in [-0.4, -0.2) is 43.1 Å². The Morgan fingerprint density at radius 3 is 2.24 bits per heavy atom. The molecule has 0 saturated carbocycles. The normalized spacial score (nSPS) is 10.3. The fraction of sp³-hybridized carbons (Fsp3) is 0.286. The first-order chi connectivity index (χ1) is 14.2. The molecule has 3 aromatic rings. The molecule has 0 radical (unpaired) electrons. The van der Waals surface area contributed by atoms with Crippen LogP contribution in [0.25, 0.3) is 0 Å². The van der Waals surface area contributed by atoms with Crippen LogP contribution in [0, 0.1) is 0 Å². The maximum atomic E-state index is 5.40. The van der Waals surface area contributed by atoms with Crippen LogP contribution in [0.3, 0.4) is 0 Å². The molecule has 0 amide bonds. The highest BCUT2D eigenvalue weighted by Crippen LogP contribution is 2.40. The molecule has 1 N–H and O–H groups in total. The molecule has 8 nitrogen and oxygen atoms in total. The summed E-state index contributed by atoms with van der Waals surface area (Å²) < 4.78 is 16.2. The fourth-order valence-electron chi connectivity index (χ4n) is 2.92. The smallest absolute Gasteiger partial charge is 0.247 e. The molecule has 0 aliphatic rings. The second-order valence-electron chi connectivity index (χ2n) is 6.18. The monoisotopic (exact) mass is 395 g/mol. The van der Waals surface area contributed by atoms with Gasteiger partial charge in [0.2, 0.25) is 11.7 Å². The van der Waals surface area contributed by atoms with Crippen molar-refractivity contribution in [2.75, 3.05) is 38.1 Å². The van der Waals surface area contributed by atoms with Crippen LogP contribution in [0.2, 0.25) is 0 Å². The van der Waals surface area contributed by atoms with Crippen LogP contribution >= 0.6 is 0 Å². The van der Waals surface area contributed by atoms with Crippen LogP contribution in [-0.2, 0) is 6.54 Å². The van der Waals surface area contributed by atoms with Gasteiger partial charge in [-0.15, -0.1) is 5.10 Å². The average molecular weight is 395 g/mol. The predicted octanol–water partition coefficient (Wildman–Crippen LogP) is 3.67. The van der Waals surface area contributed by atoms with Gasteiger partial charge >= 0.3 is 0 Å². The van der Waals surface area contributed by atoms with Crippen molar-refractivity contribution in [1.29, 1.82) is 0 Å². The fourth-order valence-corrected chi connectivity index (χ4v) is 2.92. The molecule has 0 aliphatic carbocycles. The average Bonchev–Trinajstić information content (AvgIpc) is 2.77. The van der Waals surface area contributed by atoms with E-state index in [1.165, 1.54) is 5.56 Å². The third-order valence-corrected chi connectivity index (χ3v) is 4.37. The van der Waals surface area contributed by atoms with Gasteiger partial charge in [0.1, 0.15) is 0 Å². The van der Waals surface area contributed by atoms with E-state index in [2.05, 4.69) is 44.5 Å². The Morgan fingerprint density at radius 1 is 0.966 bits per heavy atom. The van der Waals surface area contributed by atoms with Crippen molar-refractivity contribution >= 4 is 17.5 Å². The molecule has 0 spiro atoms. The van der Waals surface area contributed by atoms with Crippen molar-refractivity contribution in [2.24, 2.45) is 0 Å². The highest BCUT2D eigenvalue weighted by molar-refractivity contribution is 5.66. The molecule has 29 heavy (non-hydrogen) atoms. The number of aromatic nitrogens is 3. The van der Waals surface area contributed by atoms with Gasteiger partial charge < -0.3 is 24.4 Å². The van der Waals surface area contributed by atoms with Crippen molar-refractivity contribution < 1.29 is 14.2 Å². The lowest BCUT2D eigenvalue weighted by Gasteiger charge is -2.21. The standard InChI is InChI=1S/C21H25N5O3/c1-5-26(14-15-9-7-6-8-10-15)21-24-19(13-22-25-21)23-16-11-17(27-2)20(29-4)18(12-16)28-3/h6-13H,5,14H2,1-4H3,(H,23,24,25). The van der Waals surface area contributed by atoms with Gasteiger partial charge in [-0.05, 0) is 12.5 Å². The Bertz CT molecular complexity index is 912. The molecule has 1 aromatic heterocycles. The lowest BCUT2D eigenvalue weighted by Crippen LogP contribution is -2.24. The summed E-state index contributed by atoms with van der Waals surface area (Å²) in [5, 5.41) is 11.5. The molecular weight excluding hydrogens is 370 g/mol. The second kappa shape index (κ2) is 9.59. The van der Waals surface area contributed by atoms with E-state index in [0.717, 1.165) is 12.2 Å². The van der Waals surface area contributed by atoms with Gasteiger partial charge in [0.05, 0.1) is 27.5 Å². The number of benzene rings is 2. The minimum absolute atomic E-state index is 0.530. The highest BCUT2D eigenvalue weighted by atomic mass is 16.5. The minimum Gasteiger partial charge on any atom is -0.493 e. The zero-order chi connectivity index (χ0) is 20.6. The number of nitrogens with zero attached hydrogens (tertiary/aromatic N) is 4. The molecule has 0 saturated heterocycles. The first-order valence-electron chi connectivity index (χ1n) is 9.24. The van der Waals surface area contributed by atoms with Crippen molar-refractivity contribution in [3.05, 3.63) is 54.2 Å². The largest absolute Gasteiger partial charge is 0.493 e. The SMILES string of the molecule is CCN(Cc1ccccc1)c1nncc(Nc2cc(OC)c(OC)c(OC)c2)n1. The number of ether oxygens (including phenoxy) is 3. The van der Waals surface area contributed by atoms with Gasteiger partial charge in [0, 0.05) is 30.9 Å². The number of rotatable bonds is 9. The van der Waals surface area contributed by atoms with Crippen LogP contribution in [0.15, 0.2) is 48.7 Å². The summed E-state index contributed by atoms with van der Waals surface area (Å²) in [4.78, 5) is 6.68.